The lowest BCUT2D eigenvalue weighted by Gasteiger charge is -2.14. The van der Waals surface area contributed by atoms with Crippen molar-refractivity contribution in [2.45, 2.75) is 25.4 Å². The summed E-state index contributed by atoms with van der Waals surface area (Å²) in [5.74, 6) is -0.497. The summed E-state index contributed by atoms with van der Waals surface area (Å²) >= 11 is 0. The van der Waals surface area contributed by atoms with Crippen LogP contribution in [0.3, 0.4) is 0 Å². The second kappa shape index (κ2) is 5.40. The minimum absolute atomic E-state index is 0.0437. The van der Waals surface area contributed by atoms with Crippen molar-refractivity contribution < 1.29 is 23.1 Å². The smallest absolute Gasteiger partial charge is 0.396 e. The Hall–Kier alpha value is -1.63. The average Bonchev–Trinajstić information content (AvgIpc) is 3.16. The van der Waals surface area contributed by atoms with Gasteiger partial charge in [0.25, 0.3) is 5.91 Å². The number of aromatic nitrogens is 1. The number of nitrogens with one attached hydrogen (secondary N) is 1. The molecule has 20 heavy (non-hydrogen) atoms. The van der Waals surface area contributed by atoms with E-state index in [0.717, 1.165) is 25.0 Å². The molecule has 7 heteroatoms. The molecule has 110 valence electrons. The molecular formula is C13H15F3N2O2. The zero-order chi connectivity index (χ0) is 14.8. The molecule has 1 aliphatic rings. The highest BCUT2D eigenvalue weighted by atomic mass is 19.4. The zero-order valence-corrected chi connectivity index (χ0v) is 10.7. The molecule has 0 bridgehead atoms. The van der Waals surface area contributed by atoms with Crippen molar-refractivity contribution in [1.82, 2.24) is 10.3 Å². The van der Waals surface area contributed by atoms with E-state index < -0.39 is 17.6 Å². The van der Waals surface area contributed by atoms with E-state index in [2.05, 4.69) is 10.3 Å². The molecule has 0 spiro atoms. The van der Waals surface area contributed by atoms with Crippen LogP contribution in [0.4, 0.5) is 13.2 Å². The molecule has 1 aromatic heterocycles. The molecule has 4 nitrogen and oxygen atoms in total. The van der Waals surface area contributed by atoms with Crippen LogP contribution < -0.4 is 5.32 Å². The van der Waals surface area contributed by atoms with Crippen LogP contribution in [0.15, 0.2) is 18.3 Å². The maximum atomic E-state index is 12.4. The van der Waals surface area contributed by atoms with Crippen molar-refractivity contribution in [3.05, 3.63) is 29.6 Å². The lowest BCUT2D eigenvalue weighted by molar-refractivity contribution is -0.137. The summed E-state index contributed by atoms with van der Waals surface area (Å²) < 4.78 is 37.1. The van der Waals surface area contributed by atoms with E-state index in [4.69, 9.17) is 5.11 Å². The number of aliphatic hydroxyl groups excluding tert-OH is 1. The number of alkyl halides is 3. The number of aliphatic hydroxyl groups is 1. The third kappa shape index (κ3) is 3.47. The summed E-state index contributed by atoms with van der Waals surface area (Å²) in [7, 11) is 0. The van der Waals surface area contributed by atoms with Crippen molar-refractivity contribution in [1.29, 1.82) is 0 Å². The highest BCUT2D eigenvalue weighted by molar-refractivity contribution is 5.92. The van der Waals surface area contributed by atoms with Gasteiger partial charge in [0.1, 0.15) is 5.69 Å². The van der Waals surface area contributed by atoms with Crippen LogP contribution in [0.2, 0.25) is 0 Å². The Kier molecular flexibility index (Phi) is 3.99. The molecule has 0 aliphatic heterocycles. The number of carbonyl (C=O) groups excluding carboxylic acids is 1. The quantitative estimate of drug-likeness (QED) is 0.871. The summed E-state index contributed by atoms with van der Waals surface area (Å²) in [5, 5.41) is 11.6. The Balaban J connectivity index is 1.93. The maximum Gasteiger partial charge on any atom is 0.417 e. The highest BCUT2D eigenvalue weighted by Gasteiger charge is 2.42. The van der Waals surface area contributed by atoms with Crippen molar-refractivity contribution >= 4 is 5.91 Å². The molecule has 1 fully saturated rings. The van der Waals surface area contributed by atoms with Crippen molar-refractivity contribution in [2.24, 2.45) is 5.41 Å². The van der Waals surface area contributed by atoms with E-state index in [1.165, 1.54) is 0 Å². The number of amides is 1. The van der Waals surface area contributed by atoms with Crippen LogP contribution in [0.1, 0.15) is 35.3 Å². The summed E-state index contributed by atoms with van der Waals surface area (Å²) in [6.45, 7) is 0.476. The van der Waals surface area contributed by atoms with Crippen molar-refractivity contribution in [3.63, 3.8) is 0 Å². The molecule has 1 saturated carbocycles. The van der Waals surface area contributed by atoms with Crippen LogP contribution in [0.5, 0.6) is 0 Å². The minimum Gasteiger partial charge on any atom is -0.396 e. The molecular weight excluding hydrogens is 273 g/mol. The number of halogens is 3. The van der Waals surface area contributed by atoms with E-state index in [0.29, 0.717) is 19.2 Å². The van der Waals surface area contributed by atoms with E-state index in [-0.39, 0.29) is 17.7 Å². The van der Waals surface area contributed by atoms with Gasteiger partial charge >= 0.3 is 6.18 Å². The first-order chi connectivity index (χ1) is 9.36. The molecule has 0 unspecified atom stereocenters. The Labute approximate surface area is 114 Å². The molecule has 1 heterocycles. The SMILES string of the molecule is O=C(NCC1(CCO)CC1)c1ccc(C(F)(F)F)cn1. The number of hydrogen-bond acceptors (Lipinski definition) is 3. The summed E-state index contributed by atoms with van der Waals surface area (Å²) in [5.41, 5.74) is -0.971. The Morgan fingerprint density at radius 1 is 1.40 bits per heavy atom. The normalized spacial score (nSPS) is 16.8. The highest BCUT2D eigenvalue weighted by Crippen LogP contribution is 2.47. The largest absolute Gasteiger partial charge is 0.417 e. The second-order valence-corrected chi connectivity index (χ2v) is 5.09. The van der Waals surface area contributed by atoms with Gasteiger partial charge in [-0.15, -0.1) is 0 Å². The van der Waals surface area contributed by atoms with Gasteiger partial charge in [-0.3, -0.25) is 9.78 Å². The first-order valence-corrected chi connectivity index (χ1v) is 6.29. The predicted molar refractivity (Wildman–Crippen MR) is 64.9 cm³/mol. The van der Waals surface area contributed by atoms with Gasteiger partial charge in [0.15, 0.2) is 0 Å². The summed E-state index contributed by atoms with van der Waals surface area (Å²) in [6, 6.07) is 1.90. The number of carbonyl (C=O) groups is 1. The molecule has 0 atom stereocenters. The molecule has 1 aromatic rings. The number of nitrogens with zero attached hydrogens (tertiary/aromatic N) is 1. The Morgan fingerprint density at radius 2 is 2.10 bits per heavy atom. The fourth-order valence-electron chi connectivity index (χ4n) is 1.98. The average molecular weight is 288 g/mol. The molecule has 0 saturated heterocycles. The first-order valence-electron chi connectivity index (χ1n) is 6.29. The standard InChI is InChI=1S/C13H15F3N2O2/c14-13(15,16)9-1-2-10(17-7-9)11(20)18-8-12(3-4-12)5-6-19/h1-2,7,19H,3-6,8H2,(H,18,20). The molecule has 1 amide bonds. The number of rotatable bonds is 5. The van der Waals surface area contributed by atoms with Crippen molar-refractivity contribution in [2.75, 3.05) is 13.2 Å². The van der Waals surface area contributed by atoms with Gasteiger partial charge in [-0.25, -0.2) is 0 Å². The minimum atomic E-state index is -4.46. The Bertz CT molecular complexity index is 481. The van der Waals surface area contributed by atoms with Crippen LogP contribution in [0.25, 0.3) is 0 Å². The van der Waals surface area contributed by atoms with Crippen LogP contribution >= 0.6 is 0 Å². The van der Waals surface area contributed by atoms with Crippen LogP contribution in [-0.2, 0) is 6.18 Å². The predicted octanol–water partition coefficient (Wildman–Crippen LogP) is 1.99. The van der Waals surface area contributed by atoms with E-state index in [1.54, 1.807) is 0 Å². The van der Waals surface area contributed by atoms with Gasteiger partial charge in [-0.2, -0.15) is 13.2 Å². The molecule has 1 aliphatic carbocycles. The fraction of sp³-hybridized carbons (Fsp3) is 0.538. The van der Waals surface area contributed by atoms with Gasteiger partial charge in [-0.1, -0.05) is 0 Å². The first kappa shape index (κ1) is 14.8. The van der Waals surface area contributed by atoms with Gasteiger partial charge in [0, 0.05) is 19.3 Å². The third-order valence-electron chi connectivity index (χ3n) is 3.55. The van der Waals surface area contributed by atoms with Crippen LogP contribution in [-0.4, -0.2) is 29.1 Å². The van der Waals surface area contributed by atoms with E-state index in [1.807, 2.05) is 0 Å². The summed E-state index contributed by atoms with van der Waals surface area (Å²) in [6.07, 6.45) is -1.31. The third-order valence-corrected chi connectivity index (χ3v) is 3.55. The van der Waals surface area contributed by atoms with Gasteiger partial charge < -0.3 is 10.4 Å². The molecule has 0 aromatic carbocycles. The van der Waals surface area contributed by atoms with E-state index >= 15 is 0 Å². The number of hydrogen-bond donors (Lipinski definition) is 2. The van der Waals surface area contributed by atoms with E-state index in [9.17, 15) is 18.0 Å². The monoisotopic (exact) mass is 288 g/mol. The molecule has 0 radical (unpaired) electrons. The maximum absolute atomic E-state index is 12.4. The lowest BCUT2D eigenvalue weighted by Crippen LogP contribution is -2.31. The van der Waals surface area contributed by atoms with Gasteiger partial charge in [0.05, 0.1) is 5.56 Å². The fourth-order valence-corrected chi connectivity index (χ4v) is 1.98. The molecule has 2 rings (SSSR count). The number of pyridine rings is 1. The second-order valence-electron chi connectivity index (χ2n) is 5.09. The molecule has 2 N–H and O–H groups in total. The summed E-state index contributed by atoms with van der Waals surface area (Å²) in [4.78, 5) is 15.3. The lowest BCUT2D eigenvalue weighted by atomic mass is 10.0. The van der Waals surface area contributed by atoms with Gasteiger partial charge in [-0.05, 0) is 36.8 Å². The van der Waals surface area contributed by atoms with Crippen molar-refractivity contribution in [3.8, 4) is 0 Å². The Morgan fingerprint density at radius 3 is 2.55 bits per heavy atom. The van der Waals surface area contributed by atoms with Crippen LogP contribution in [0, 0.1) is 5.41 Å². The van der Waals surface area contributed by atoms with Gasteiger partial charge in [0.2, 0.25) is 0 Å². The zero-order valence-electron chi connectivity index (χ0n) is 10.7. The topological polar surface area (TPSA) is 62.2 Å².